The third kappa shape index (κ3) is 6.03. The number of amidine groups is 1. The van der Waals surface area contributed by atoms with Gasteiger partial charge in [-0.15, -0.1) is 0 Å². The minimum absolute atomic E-state index is 0.00980. The van der Waals surface area contributed by atoms with Crippen molar-refractivity contribution in [1.29, 1.82) is 0 Å². The van der Waals surface area contributed by atoms with E-state index in [-0.39, 0.29) is 11.8 Å². The minimum atomic E-state index is -0.111. The Balaban J connectivity index is 2.13. The second-order valence-electron chi connectivity index (χ2n) is 6.64. The van der Waals surface area contributed by atoms with E-state index in [1.807, 2.05) is 43.3 Å². The number of benzene rings is 2. The molecule has 4 heteroatoms. The number of hydrogen-bond acceptors (Lipinski definition) is 3. The Morgan fingerprint density at radius 2 is 1.69 bits per heavy atom. The third-order valence-corrected chi connectivity index (χ3v) is 4.88. The monoisotopic (exact) mass is 368 g/mol. The van der Waals surface area contributed by atoms with Gasteiger partial charge in [-0.1, -0.05) is 88.0 Å². The van der Waals surface area contributed by atoms with Gasteiger partial charge in [-0.05, 0) is 35.3 Å². The van der Waals surface area contributed by atoms with Gasteiger partial charge >= 0.3 is 0 Å². The van der Waals surface area contributed by atoms with Crippen LogP contribution in [0.4, 0.5) is 5.69 Å². The van der Waals surface area contributed by atoms with Crippen LogP contribution in [0.2, 0.25) is 0 Å². The lowest BCUT2D eigenvalue weighted by atomic mass is 10.0. The number of hydrogen-bond donors (Lipinski definition) is 1. The van der Waals surface area contributed by atoms with Gasteiger partial charge in [0.15, 0.2) is 5.17 Å². The van der Waals surface area contributed by atoms with Gasteiger partial charge in [0.05, 0.1) is 5.69 Å². The minimum Gasteiger partial charge on any atom is -0.305 e. The molecule has 0 heterocycles. The van der Waals surface area contributed by atoms with Crippen molar-refractivity contribution in [2.24, 2.45) is 10.9 Å². The Labute approximate surface area is 161 Å². The zero-order valence-electron chi connectivity index (χ0n) is 16.0. The highest BCUT2D eigenvalue weighted by atomic mass is 32.2. The number of amides is 1. The molecule has 26 heavy (non-hydrogen) atoms. The number of aliphatic imine (C=N–C) groups is 1. The molecule has 0 spiro atoms. The van der Waals surface area contributed by atoms with Crippen LogP contribution in [0.3, 0.4) is 0 Å². The van der Waals surface area contributed by atoms with Gasteiger partial charge in [-0.25, -0.2) is 4.99 Å². The summed E-state index contributed by atoms with van der Waals surface area (Å²) in [6.45, 7) is 8.33. The molecule has 3 nitrogen and oxygen atoms in total. The van der Waals surface area contributed by atoms with Crippen molar-refractivity contribution >= 4 is 28.5 Å². The Morgan fingerprint density at radius 1 is 1.04 bits per heavy atom. The van der Waals surface area contributed by atoms with Crippen LogP contribution in [0, 0.1) is 5.92 Å². The highest BCUT2D eigenvalue weighted by Crippen LogP contribution is 2.27. The zero-order chi connectivity index (χ0) is 18.9. The Morgan fingerprint density at radius 3 is 2.35 bits per heavy atom. The van der Waals surface area contributed by atoms with Gasteiger partial charge in [-0.3, -0.25) is 4.79 Å². The molecule has 1 N–H and O–H groups in total. The average molecular weight is 369 g/mol. The predicted octanol–water partition coefficient (Wildman–Crippen LogP) is 5.55. The van der Waals surface area contributed by atoms with Gasteiger partial charge in [0, 0.05) is 5.92 Å². The summed E-state index contributed by atoms with van der Waals surface area (Å²) in [6, 6.07) is 18.2. The van der Waals surface area contributed by atoms with E-state index in [9.17, 15) is 4.79 Å². The second kappa shape index (κ2) is 10.2. The molecule has 2 aromatic rings. The van der Waals surface area contributed by atoms with Crippen LogP contribution < -0.4 is 5.32 Å². The topological polar surface area (TPSA) is 41.5 Å². The summed E-state index contributed by atoms with van der Waals surface area (Å²) < 4.78 is 0. The van der Waals surface area contributed by atoms with E-state index < -0.39 is 0 Å². The zero-order valence-corrected chi connectivity index (χ0v) is 16.8. The summed E-state index contributed by atoms with van der Waals surface area (Å²) in [5, 5.41) is 3.70. The molecule has 0 saturated carbocycles. The van der Waals surface area contributed by atoms with E-state index in [2.05, 4.69) is 44.3 Å². The molecule has 0 aliphatic heterocycles. The van der Waals surface area contributed by atoms with Crippen molar-refractivity contribution in [3.63, 3.8) is 0 Å². The third-order valence-electron chi connectivity index (χ3n) is 4.12. The maximum absolute atomic E-state index is 12.6. The molecule has 1 unspecified atom stereocenters. The lowest BCUT2D eigenvalue weighted by molar-refractivity contribution is -0.122. The molecule has 2 aromatic carbocycles. The first kappa shape index (κ1) is 20.2. The van der Waals surface area contributed by atoms with Crippen molar-refractivity contribution in [2.45, 2.75) is 40.0 Å². The second-order valence-corrected chi connectivity index (χ2v) is 7.90. The largest absolute Gasteiger partial charge is 0.305 e. The highest BCUT2D eigenvalue weighted by Gasteiger charge is 2.16. The molecular formula is C22H28N2OS. The van der Waals surface area contributed by atoms with Crippen molar-refractivity contribution < 1.29 is 4.79 Å². The van der Waals surface area contributed by atoms with E-state index in [4.69, 9.17) is 4.99 Å². The number of rotatable bonds is 6. The molecule has 2 rings (SSSR count). The van der Waals surface area contributed by atoms with Crippen molar-refractivity contribution in [3.05, 3.63) is 65.7 Å². The number of thioether (sulfide) groups is 1. The Bertz CT molecular complexity index is 741. The number of para-hydroxylation sites is 1. The molecule has 0 saturated heterocycles. The average Bonchev–Trinajstić information content (AvgIpc) is 2.63. The predicted molar refractivity (Wildman–Crippen MR) is 113 cm³/mol. The van der Waals surface area contributed by atoms with Gasteiger partial charge in [0.25, 0.3) is 0 Å². The summed E-state index contributed by atoms with van der Waals surface area (Å²) in [7, 11) is 0. The van der Waals surface area contributed by atoms with E-state index in [1.54, 1.807) is 11.8 Å². The van der Waals surface area contributed by atoms with E-state index in [0.717, 1.165) is 17.9 Å². The van der Waals surface area contributed by atoms with Crippen molar-refractivity contribution in [2.75, 3.05) is 5.75 Å². The molecular weight excluding hydrogens is 340 g/mol. The van der Waals surface area contributed by atoms with Gasteiger partial charge in [-0.2, -0.15) is 0 Å². The lowest BCUT2D eigenvalue weighted by Crippen LogP contribution is -2.34. The molecule has 0 bridgehead atoms. The summed E-state index contributed by atoms with van der Waals surface area (Å²) in [4.78, 5) is 17.4. The molecule has 0 fully saturated rings. The first-order valence-corrected chi connectivity index (χ1v) is 10.1. The molecule has 0 aromatic heterocycles. The van der Waals surface area contributed by atoms with Gasteiger partial charge in [0.2, 0.25) is 5.91 Å². The molecule has 138 valence electrons. The van der Waals surface area contributed by atoms with E-state index in [0.29, 0.717) is 11.1 Å². The fraction of sp³-hybridized carbons (Fsp3) is 0.364. The first-order chi connectivity index (χ1) is 12.5. The molecule has 0 aliphatic carbocycles. The number of carbonyl (C=O) groups excluding carboxylic acids is 1. The first-order valence-electron chi connectivity index (χ1n) is 9.16. The van der Waals surface area contributed by atoms with E-state index in [1.165, 1.54) is 11.1 Å². The van der Waals surface area contributed by atoms with Crippen LogP contribution in [0.5, 0.6) is 0 Å². The smallest absolute Gasteiger partial charge is 0.229 e. The summed E-state index contributed by atoms with van der Waals surface area (Å²) >= 11 is 1.56. The standard InChI is InChI=1S/C22H28N2OS/c1-5-26-22(23-20-14-10-9-13-19(20)16(2)3)24-21(25)17(4)15-18-11-7-6-8-12-18/h6-14,16-17H,5,15H2,1-4H3,(H,23,24,25). The summed E-state index contributed by atoms with van der Waals surface area (Å²) in [6.07, 6.45) is 0.722. The Kier molecular flexibility index (Phi) is 7.92. The van der Waals surface area contributed by atoms with Crippen LogP contribution in [0.1, 0.15) is 44.7 Å². The normalized spacial score (nSPS) is 12.9. The fourth-order valence-electron chi connectivity index (χ4n) is 2.71. The van der Waals surface area contributed by atoms with Gasteiger partial charge < -0.3 is 5.32 Å². The van der Waals surface area contributed by atoms with Crippen LogP contribution >= 0.6 is 11.8 Å². The quantitative estimate of drug-likeness (QED) is 0.537. The SMILES string of the molecule is CCSC(=Nc1ccccc1C(C)C)NC(=O)C(C)Cc1ccccc1. The van der Waals surface area contributed by atoms with Crippen LogP contribution in [0.25, 0.3) is 0 Å². The van der Waals surface area contributed by atoms with E-state index >= 15 is 0 Å². The maximum Gasteiger partial charge on any atom is 0.229 e. The lowest BCUT2D eigenvalue weighted by Gasteiger charge is -2.15. The van der Waals surface area contributed by atoms with Crippen LogP contribution in [-0.4, -0.2) is 16.8 Å². The van der Waals surface area contributed by atoms with Gasteiger partial charge in [0.1, 0.15) is 0 Å². The van der Waals surface area contributed by atoms with Crippen molar-refractivity contribution in [3.8, 4) is 0 Å². The van der Waals surface area contributed by atoms with Crippen molar-refractivity contribution in [1.82, 2.24) is 5.32 Å². The fourth-order valence-corrected chi connectivity index (χ4v) is 3.32. The van der Waals surface area contributed by atoms with Crippen LogP contribution in [0.15, 0.2) is 59.6 Å². The summed E-state index contributed by atoms with van der Waals surface area (Å²) in [5.41, 5.74) is 3.28. The number of nitrogens with zero attached hydrogens (tertiary/aromatic N) is 1. The molecule has 0 aliphatic rings. The summed E-state index contributed by atoms with van der Waals surface area (Å²) in [5.74, 6) is 1.14. The molecule has 1 amide bonds. The Hall–Kier alpha value is -2.07. The van der Waals surface area contributed by atoms with Crippen LogP contribution in [-0.2, 0) is 11.2 Å². The maximum atomic E-state index is 12.6. The molecule has 0 radical (unpaired) electrons. The highest BCUT2D eigenvalue weighted by molar-refractivity contribution is 8.13. The molecule has 1 atom stereocenters. The number of carbonyl (C=O) groups is 1. The number of nitrogens with one attached hydrogen (secondary N) is 1.